The fourth-order valence-electron chi connectivity index (χ4n) is 1.27. The van der Waals surface area contributed by atoms with E-state index < -0.39 is 23.6 Å². The normalized spacial score (nSPS) is 10.9. The Morgan fingerprint density at radius 1 is 1.38 bits per heavy atom. The van der Waals surface area contributed by atoms with Crippen molar-refractivity contribution in [2.75, 3.05) is 11.9 Å². The van der Waals surface area contributed by atoms with Crippen molar-refractivity contribution in [1.29, 1.82) is 0 Å². The van der Waals surface area contributed by atoms with Crippen LogP contribution < -0.4 is 10.6 Å². The second kappa shape index (κ2) is 6.90. The number of rotatable bonds is 4. The molecule has 0 spiro atoms. The Bertz CT molecular complexity index is 564. The number of carboxylic acid groups (broad SMARTS) is 1. The van der Waals surface area contributed by atoms with E-state index in [2.05, 4.69) is 26.6 Å². The minimum absolute atomic E-state index is 0.00694. The maximum Gasteiger partial charge on any atom is 0.408 e. The lowest BCUT2D eigenvalue weighted by molar-refractivity contribution is -0.115. The molecule has 0 saturated heterocycles. The number of hydrogen-bond donors (Lipinski definition) is 3. The van der Waals surface area contributed by atoms with Gasteiger partial charge in [-0.3, -0.25) is 4.79 Å². The number of hydrogen-bond acceptors (Lipinski definition) is 5. The van der Waals surface area contributed by atoms with Crippen LogP contribution >= 0.6 is 27.3 Å². The van der Waals surface area contributed by atoms with Gasteiger partial charge in [-0.05, 0) is 42.8 Å². The lowest BCUT2D eigenvalue weighted by Crippen LogP contribution is -2.37. The van der Waals surface area contributed by atoms with Crippen LogP contribution in [0.2, 0.25) is 0 Å². The summed E-state index contributed by atoms with van der Waals surface area (Å²) in [6.07, 6.45) is -0.720. The summed E-state index contributed by atoms with van der Waals surface area (Å²) < 4.78 is 5.55. The summed E-state index contributed by atoms with van der Waals surface area (Å²) in [4.78, 5) is 34.1. The number of alkyl carbamates (subject to hydrolysis) is 1. The van der Waals surface area contributed by atoms with Crippen molar-refractivity contribution < 1.29 is 24.2 Å². The van der Waals surface area contributed by atoms with Gasteiger partial charge >= 0.3 is 12.1 Å². The van der Waals surface area contributed by atoms with Crippen molar-refractivity contribution in [2.45, 2.75) is 26.4 Å². The summed E-state index contributed by atoms with van der Waals surface area (Å²) >= 11 is 4.14. The van der Waals surface area contributed by atoms with Gasteiger partial charge in [0.15, 0.2) is 0 Å². The molecule has 0 fully saturated rings. The van der Waals surface area contributed by atoms with Crippen LogP contribution in [0.15, 0.2) is 9.85 Å². The molecule has 116 valence electrons. The highest BCUT2D eigenvalue weighted by Crippen LogP contribution is 2.31. The number of ether oxygens (including phenoxy) is 1. The van der Waals surface area contributed by atoms with E-state index in [9.17, 15) is 14.4 Å². The van der Waals surface area contributed by atoms with Gasteiger partial charge in [0, 0.05) is 0 Å². The monoisotopic (exact) mass is 378 g/mol. The number of halogens is 1. The first kappa shape index (κ1) is 17.4. The summed E-state index contributed by atoms with van der Waals surface area (Å²) in [7, 11) is 0. The third kappa shape index (κ3) is 6.13. The van der Waals surface area contributed by atoms with Crippen LogP contribution in [0.5, 0.6) is 0 Å². The van der Waals surface area contributed by atoms with Gasteiger partial charge < -0.3 is 20.5 Å². The Morgan fingerprint density at radius 3 is 2.52 bits per heavy atom. The van der Waals surface area contributed by atoms with Gasteiger partial charge in [0.1, 0.15) is 17.0 Å². The molecule has 1 aromatic rings. The van der Waals surface area contributed by atoms with Crippen LogP contribution in [0.1, 0.15) is 30.4 Å². The van der Waals surface area contributed by atoms with E-state index in [1.54, 1.807) is 20.8 Å². The van der Waals surface area contributed by atoms with Gasteiger partial charge in [0.25, 0.3) is 0 Å². The number of carboxylic acids is 1. The molecule has 7 nitrogen and oxygen atoms in total. The van der Waals surface area contributed by atoms with Crippen LogP contribution in [-0.2, 0) is 9.53 Å². The Morgan fingerprint density at radius 2 is 2.00 bits per heavy atom. The molecule has 0 saturated carbocycles. The minimum atomic E-state index is -1.14. The maximum absolute atomic E-state index is 11.7. The van der Waals surface area contributed by atoms with E-state index in [4.69, 9.17) is 9.84 Å². The van der Waals surface area contributed by atoms with Crippen molar-refractivity contribution in [3.63, 3.8) is 0 Å². The molecular formula is C12H15BrN2O5S. The Kier molecular flexibility index (Phi) is 5.73. The van der Waals surface area contributed by atoms with Gasteiger partial charge in [-0.15, -0.1) is 11.3 Å². The minimum Gasteiger partial charge on any atom is -0.477 e. The van der Waals surface area contributed by atoms with Crippen molar-refractivity contribution in [3.8, 4) is 0 Å². The van der Waals surface area contributed by atoms with E-state index >= 15 is 0 Å². The molecule has 0 radical (unpaired) electrons. The Hall–Kier alpha value is -1.61. The van der Waals surface area contributed by atoms with E-state index in [0.717, 1.165) is 11.3 Å². The first-order valence-corrected chi connectivity index (χ1v) is 7.49. The molecule has 1 rings (SSSR count). The average molecular weight is 379 g/mol. The van der Waals surface area contributed by atoms with E-state index in [-0.39, 0.29) is 17.1 Å². The third-order valence-corrected chi connectivity index (χ3v) is 3.59. The van der Waals surface area contributed by atoms with Crippen LogP contribution in [0.25, 0.3) is 0 Å². The molecule has 21 heavy (non-hydrogen) atoms. The predicted molar refractivity (Wildman–Crippen MR) is 81.8 cm³/mol. The number of anilines is 1. The van der Waals surface area contributed by atoms with Crippen LogP contribution in [-0.4, -0.2) is 35.2 Å². The van der Waals surface area contributed by atoms with Gasteiger partial charge in [0.05, 0.1) is 9.47 Å². The molecule has 0 atom stereocenters. The molecule has 2 amide bonds. The summed E-state index contributed by atoms with van der Waals surface area (Å²) in [6, 6.07) is 1.49. The lowest BCUT2D eigenvalue weighted by Gasteiger charge is -2.19. The fourth-order valence-corrected chi connectivity index (χ4v) is 2.67. The van der Waals surface area contributed by atoms with Gasteiger partial charge in [-0.25, -0.2) is 9.59 Å². The van der Waals surface area contributed by atoms with Crippen molar-refractivity contribution in [1.82, 2.24) is 5.32 Å². The molecule has 0 aromatic carbocycles. The fraction of sp³-hybridized carbons (Fsp3) is 0.417. The SMILES string of the molecule is CC(C)(C)OC(=O)NCC(=O)Nc1cc(Br)sc1C(=O)O. The van der Waals surface area contributed by atoms with Crippen LogP contribution in [0.4, 0.5) is 10.5 Å². The molecule has 1 aromatic heterocycles. The zero-order valence-electron chi connectivity index (χ0n) is 11.7. The summed E-state index contributed by atoms with van der Waals surface area (Å²) in [5, 5.41) is 13.7. The number of carbonyl (C=O) groups excluding carboxylic acids is 2. The van der Waals surface area contributed by atoms with Crippen molar-refractivity contribution >= 4 is 50.9 Å². The second-order valence-corrected chi connectivity index (χ2v) is 7.43. The molecule has 0 bridgehead atoms. The van der Waals surface area contributed by atoms with Gasteiger partial charge in [-0.2, -0.15) is 0 Å². The highest BCUT2D eigenvalue weighted by atomic mass is 79.9. The molecule has 0 unspecified atom stereocenters. The standard InChI is InChI=1S/C12H15BrN2O5S/c1-12(2,3)20-11(19)14-5-8(16)15-6-4-7(13)21-9(6)10(17)18/h4H,5H2,1-3H3,(H,14,19)(H,15,16)(H,17,18). The number of carbonyl (C=O) groups is 3. The van der Waals surface area contributed by atoms with Crippen molar-refractivity contribution in [3.05, 3.63) is 14.7 Å². The number of aromatic carboxylic acids is 1. The molecule has 0 aliphatic rings. The predicted octanol–water partition coefficient (Wildman–Crippen LogP) is 2.67. The number of thiophene rings is 1. The summed E-state index contributed by atoms with van der Waals surface area (Å²) in [5.41, 5.74) is -0.481. The third-order valence-electron chi connectivity index (χ3n) is 1.96. The topological polar surface area (TPSA) is 105 Å². The highest BCUT2D eigenvalue weighted by Gasteiger charge is 2.19. The zero-order chi connectivity index (χ0) is 16.2. The second-order valence-electron chi connectivity index (χ2n) is 5.00. The molecule has 3 N–H and O–H groups in total. The Balaban J connectivity index is 2.55. The van der Waals surface area contributed by atoms with Crippen LogP contribution in [0, 0.1) is 0 Å². The molecule has 0 aliphatic heterocycles. The smallest absolute Gasteiger partial charge is 0.408 e. The van der Waals surface area contributed by atoms with E-state index in [1.165, 1.54) is 6.07 Å². The lowest BCUT2D eigenvalue weighted by atomic mass is 10.2. The first-order chi connectivity index (χ1) is 9.58. The van der Waals surface area contributed by atoms with Crippen LogP contribution in [0.3, 0.4) is 0 Å². The summed E-state index contributed by atoms with van der Waals surface area (Å²) in [6.45, 7) is 4.79. The quantitative estimate of drug-likeness (QED) is 0.746. The first-order valence-electron chi connectivity index (χ1n) is 5.88. The number of nitrogens with one attached hydrogen (secondary N) is 2. The Labute approximate surface area is 133 Å². The van der Waals surface area contributed by atoms with Gasteiger partial charge in [0.2, 0.25) is 5.91 Å². The highest BCUT2D eigenvalue weighted by molar-refractivity contribution is 9.11. The molecular weight excluding hydrogens is 364 g/mol. The number of amides is 2. The summed E-state index contributed by atoms with van der Waals surface area (Å²) in [5.74, 6) is -1.69. The molecule has 9 heteroatoms. The van der Waals surface area contributed by atoms with E-state index in [0.29, 0.717) is 3.79 Å². The molecule has 1 heterocycles. The zero-order valence-corrected chi connectivity index (χ0v) is 14.1. The van der Waals surface area contributed by atoms with Gasteiger partial charge in [-0.1, -0.05) is 0 Å². The van der Waals surface area contributed by atoms with Crippen molar-refractivity contribution in [2.24, 2.45) is 0 Å². The maximum atomic E-state index is 11.7. The largest absolute Gasteiger partial charge is 0.477 e. The van der Waals surface area contributed by atoms with E-state index in [1.807, 2.05) is 0 Å². The average Bonchev–Trinajstić information content (AvgIpc) is 2.65. The molecule has 0 aliphatic carbocycles.